The number of likely N-dealkylation sites (tertiary alicyclic amines) is 1. The largest absolute Gasteiger partial charge is 0.336 e. The topological polar surface area (TPSA) is 32.3 Å². The lowest BCUT2D eigenvalue weighted by Gasteiger charge is -2.36. The van der Waals surface area contributed by atoms with Gasteiger partial charge in [-0.3, -0.25) is 9.69 Å². The van der Waals surface area contributed by atoms with Crippen molar-refractivity contribution in [3.63, 3.8) is 0 Å². The minimum absolute atomic E-state index is 0.0874. The fraction of sp³-hybridized carbons (Fsp3) is 0.917. The van der Waals surface area contributed by atoms with E-state index >= 15 is 0 Å². The molecule has 1 rings (SSSR count). The Hall–Kier alpha value is 0.300. The van der Waals surface area contributed by atoms with Gasteiger partial charge in [-0.15, -0.1) is 0 Å². The Bertz CT molecular complexity index is 271. The van der Waals surface area contributed by atoms with E-state index in [2.05, 4.69) is 10.2 Å². The average Bonchev–Trinajstić information content (AvgIpc) is 2.51. The van der Waals surface area contributed by atoms with Gasteiger partial charge in [-0.25, -0.2) is 0 Å². The van der Waals surface area contributed by atoms with Crippen molar-refractivity contribution >= 4 is 40.7 Å². The predicted octanol–water partition coefficient (Wildman–Crippen LogP) is 3.33. The monoisotopic (exact) mass is 314 g/mol. The van der Waals surface area contributed by atoms with Crippen molar-refractivity contribution < 1.29 is 4.79 Å². The molecule has 3 nitrogen and oxygen atoms in total. The zero-order valence-corrected chi connectivity index (χ0v) is 13.2. The molecule has 1 aliphatic heterocycles. The Morgan fingerprint density at radius 2 is 1.61 bits per heavy atom. The van der Waals surface area contributed by atoms with Crippen molar-refractivity contribution in [3.05, 3.63) is 0 Å². The molecule has 0 spiro atoms. The lowest BCUT2D eigenvalue weighted by molar-refractivity contribution is -0.126. The van der Waals surface area contributed by atoms with Gasteiger partial charge in [-0.05, 0) is 12.8 Å². The molecule has 0 aromatic carbocycles. The fourth-order valence-electron chi connectivity index (χ4n) is 2.03. The molecule has 0 bridgehead atoms. The van der Waals surface area contributed by atoms with Crippen LogP contribution in [0.1, 0.15) is 39.5 Å². The fourth-order valence-corrected chi connectivity index (χ4v) is 2.61. The van der Waals surface area contributed by atoms with Crippen molar-refractivity contribution in [1.29, 1.82) is 0 Å². The predicted molar refractivity (Wildman–Crippen MR) is 77.1 cm³/mol. The van der Waals surface area contributed by atoms with Crippen molar-refractivity contribution in [1.82, 2.24) is 10.2 Å². The maximum atomic E-state index is 11.8. The summed E-state index contributed by atoms with van der Waals surface area (Å²) in [5.74, 6) is -0.206. The minimum Gasteiger partial charge on any atom is -0.336 e. The zero-order valence-electron chi connectivity index (χ0n) is 10.9. The SMILES string of the molecule is CC(C)C(=O)N[C@H](N1CCCCCC1)C(Cl)(Cl)Cl. The number of hydrogen-bond donors (Lipinski definition) is 1. The number of carbonyl (C=O) groups is 1. The number of nitrogens with zero attached hydrogens (tertiary/aromatic N) is 1. The van der Waals surface area contributed by atoms with Crippen molar-refractivity contribution in [2.75, 3.05) is 13.1 Å². The molecule has 0 radical (unpaired) electrons. The first-order valence-corrected chi connectivity index (χ1v) is 7.57. The van der Waals surface area contributed by atoms with Crippen molar-refractivity contribution in [3.8, 4) is 0 Å². The van der Waals surface area contributed by atoms with Gasteiger partial charge in [0.1, 0.15) is 6.17 Å². The van der Waals surface area contributed by atoms with E-state index in [9.17, 15) is 4.79 Å². The summed E-state index contributed by atoms with van der Waals surface area (Å²) in [7, 11) is 0. The molecule has 1 fully saturated rings. The van der Waals surface area contributed by atoms with Crippen molar-refractivity contribution in [2.45, 2.75) is 49.5 Å². The van der Waals surface area contributed by atoms with E-state index < -0.39 is 9.96 Å². The minimum atomic E-state index is -1.51. The van der Waals surface area contributed by atoms with Gasteiger partial charge >= 0.3 is 0 Å². The van der Waals surface area contributed by atoms with Crippen LogP contribution in [0.4, 0.5) is 0 Å². The van der Waals surface area contributed by atoms with Crippen LogP contribution >= 0.6 is 34.8 Å². The highest BCUT2D eigenvalue weighted by atomic mass is 35.6. The lowest BCUT2D eigenvalue weighted by Crippen LogP contribution is -2.56. The number of hydrogen-bond acceptors (Lipinski definition) is 2. The number of nitrogens with one attached hydrogen (secondary N) is 1. The maximum Gasteiger partial charge on any atom is 0.223 e. The molecular weight excluding hydrogens is 295 g/mol. The number of halogens is 3. The standard InChI is InChI=1S/C12H21Cl3N2O/c1-9(2)10(18)16-11(12(13,14)15)17-7-5-3-4-6-8-17/h9,11H,3-8H2,1-2H3,(H,16,18)/t11-/m1/s1. The van der Waals surface area contributed by atoms with Crippen LogP contribution in [0.5, 0.6) is 0 Å². The number of amides is 1. The first-order valence-electron chi connectivity index (χ1n) is 6.43. The second-order valence-corrected chi connectivity index (χ2v) is 7.43. The molecule has 0 saturated carbocycles. The van der Waals surface area contributed by atoms with E-state index in [4.69, 9.17) is 34.8 Å². The van der Waals surface area contributed by atoms with Gasteiger partial charge in [0.05, 0.1) is 0 Å². The van der Waals surface area contributed by atoms with Crippen LogP contribution in [0.15, 0.2) is 0 Å². The van der Waals surface area contributed by atoms with Gasteiger partial charge in [0.15, 0.2) is 0 Å². The Balaban J connectivity index is 2.74. The molecule has 1 aliphatic rings. The maximum absolute atomic E-state index is 11.8. The highest BCUT2D eigenvalue weighted by molar-refractivity contribution is 6.68. The third-order valence-electron chi connectivity index (χ3n) is 3.12. The Labute approximate surface area is 124 Å². The highest BCUT2D eigenvalue weighted by Crippen LogP contribution is 2.33. The van der Waals surface area contributed by atoms with E-state index in [1.807, 2.05) is 13.8 Å². The first kappa shape index (κ1) is 16.4. The molecule has 0 aromatic rings. The Morgan fingerprint density at radius 1 is 1.11 bits per heavy atom. The number of alkyl halides is 3. The van der Waals surface area contributed by atoms with Gasteiger partial charge in [-0.1, -0.05) is 61.5 Å². The van der Waals surface area contributed by atoms with Crippen LogP contribution in [0.3, 0.4) is 0 Å². The van der Waals surface area contributed by atoms with Crippen LogP contribution in [-0.2, 0) is 4.79 Å². The Kier molecular flexibility index (Phi) is 6.52. The van der Waals surface area contributed by atoms with Crippen LogP contribution < -0.4 is 5.32 Å². The molecule has 6 heteroatoms. The molecule has 1 heterocycles. The Morgan fingerprint density at radius 3 is 2.00 bits per heavy atom. The van der Waals surface area contributed by atoms with Crippen LogP contribution in [-0.4, -0.2) is 33.9 Å². The molecule has 0 aliphatic carbocycles. The molecule has 1 amide bonds. The second kappa shape index (κ2) is 7.18. The highest BCUT2D eigenvalue weighted by Gasteiger charge is 2.38. The van der Waals surface area contributed by atoms with Crippen LogP contribution in [0.2, 0.25) is 0 Å². The molecule has 1 N–H and O–H groups in total. The summed E-state index contributed by atoms with van der Waals surface area (Å²) in [5.41, 5.74) is 0. The summed E-state index contributed by atoms with van der Waals surface area (Å²) in [4.78, 5) is 13.9. The van der Waals surface area contributed by atoms with E-state index in [0.29, 0.717) is 0 Å². The van der Waals surface area contributed by atoms with Gasteiger partial charge < -0.3 is 5.32 Å². The lowest BCUT2D eigenvalue weighted by atomic mass is 10.2. The van der Waals surface area contributed by atoms with Gasteiger partial charge in [-0.2, -0.15) is 0 Å². The van der Waals surface area contributed by atoms with E-state index in [0.717, 1.165) is 25.9 Å². The average molecular weight is 316 g/mol. The molecule has 0 unspecified atom stereocenters. The number of rotatable bonds is 3. The third kappa shape index (κ3) is 5.12. The second-order valence-electron chi connectivity index (χ2n) is 5.06. The zero-order chi connectivity index (χ0) is 13.8. The normalized spacial score (nSPS) is 20.6. The number of carbonyl (C=O) groups excluding carboxylic acids is 1. The van der Waals surface area contributed by atoms with Crippen LogP contribution in [0, 0.1) is 5.92 Å². The van der Waals surface area contributed by atoms with Gasteiger partial charge in [0.2, 0.25) is 9.70 Å². The summed E-state index contributed by atoms with van der Waals surface area (Å²) in [5, 5.41) is 2.85. The van der Waals surface area contributed by atoms with E-state index in [1.165, 1.54) is 12.8 Å². The molecular formula is C12H21Cl3N2O. The molecule has 1 atom stereocenters. The summed E-state index contributed by atoms with van der Waals surface area (Å²) in [6.07, 6.45) is 4.00. The quantitative estimate of drug-likeness (QED) is 0.810. The summed E-state index contributed by atoms with van der Waals surface area (Å²) >= 11 is 18.0. The third-order valence-corrected chi connectivity index (χ3v) is 3.74. The smallest absolute Gasteiger partial charge is 0.223 e. The molecule has 18 heavy (non-hydrogen) atoms. The molecule has 0 aromatic heterocycles. The van der Waals surface area contributed by atoms with Crippen molar-refractivity contribution in [2.24, 2.45) is 5.92 Å². The van der Waals surface area contributed by atoms with E-state index in [1.54, 1.807) is 0 Å². The van der Waals surface area contributed by atoms with Gasteiger partial charge in [0, 0.05) is 19.0 Å². The van der Waals surface area contributed by atoms with E-state index in [-0.39, 0.29) is 11.8 Å². The first-order chi connectivity index (χ1) is 8.32. The van der Waals surface area contributed by atoms with Gasteiger partial charge in [0.25, 0.3) is 0 Å². The summed E-state index contributed by atoms with van der Waals surface area (Å²) < 4.78 is -1.51. The van der Waals surface area contributed by atoms with Crippen LogP contribution in [0.25, 0.3) is 0 Å². The summed E-state index contributed by atoms with van der Waals surface area (Å²) in [6.45, 7) is 5.37. The molecule has 106 valence electrons. The summed E-state index contributed by atoms with van der Waals surface area (Å²) in [6, 6.07) is 0. The molecule has 1 saturated heterocycles.